The lowest BCUT2D eigenvalue weighted by atomic mass is 10.1. The summed E-state index contributed by atoms with van der Waals surface area (Å²) in [5, 5.41) is 6.73. The van der Waals surface area contributed by atoms with Gasteiger partial charge in [0.1, 0.15) is 5.75 Å². The van der Waals surface area contributed by atoms with Crippen molar-refractivity contribution in [3.8, 4) is 17.1 Å². The number of hydrogen-bond acceptors (Lipinski definition) is 5. The van der Waals surface area contributed by atoms with E-state index in [2.05, 4.69) is 15.5 Å². The van der Waals surface area contributed by atoms with Crippen LogP contribution in [0.1, 0.15) is 35.2 Å². The summed E-state index contributed by atoms with van der Waals surface area (Å²) in [7, 11) is 0. The molecule has 0 aliphatic heterocycles. The van der Waals surface area contributed by atoms with Gasteiger partial charge in [0.05, 0.1) is 13.2 Å². The molecule has 1 N–H and O–H groups in total. The number of ether oxygens (including phenoxy) is 1. The van der Waals surface area contributed by atoms with E-state index >= 15 is 0 Å². The molecule has 6 nitrogen and oxygen atoms in total. The van der Waals surface area contributed by atoms with Crippen molar-refractivity contribution in [3.05, 3.63) is 65.5 Å². The molecule has 3 aromatic rings. The van der Waals surface area contributed by atoms with E-state index in [9.17, 15) is 4.79 Å². The average molecular weight is 351 g/mol. The van der Waals surface area contributed by atoms with Gasteiger partial charge in [-0.15, -0.1) is 0 Å². The summed E-state index contributed by atoms with van der Waals surface area (Å²) >= 11 is 0. The monoisotopic (exact) mass is 351 g/mol. The highest BCUT2D eigenvalue weighted by molar-refractivity contribution is 5.94. The largest absolute Gasteiger partial charge is 0.494 e. The second kappa shape index (κ2) is 8.29. The minimum absolute atomic E-state index is 0.172. The van der Waals surface area contributed by atoms with Crippen LogP contribution in [0, 0.1) is 6.92 Å². The first kappa shape index (κ1) is 17.7. The molecule has 0 unspecified atom stereocenters. The van der Waals surface area contributed by atoms with Crippen molar-refractivity contribution < 1.29 is 14.1 Å². The fourth-order valence-corrected chi connectivity index (χ4v) is 2.33. The Hall–Kier alpha value is -3.15. The first-order valence-electron chi connectivity index (χ1n) is 8.56. The molecule has 1 heterocycles. The molecular weight excluding hydrogens is 330 g/mol. The molecule has 0 fully saturated rings. The van der Waals surface area contributed by atoms with E-state index in [0.717, 1.165) is 23.3 Å². The predicted octanol–water partition coefficient (Wildman–Crippen LogP) is 3.76. The van der Waals surface area contributed by atoms with Crippen molar-refractivity contribution in [2.75, 3.05) is 6.61 Å². The van der Waals surface area contributed by atoms with Crippen LogP contribution in [0.5, 0.6) is 5.75 Å². The maximum Gasteiger partial charge on any atom is 0.251 e. The number of benzene rings is 2. The topological polar surface area (TPSA) is 77.2 Å². The third kappa shape index (κ3) is 4.47. The van der Waals surface area contributed by atoms with Gasteiger partial charge in [-0.2, -0.15) is 4.98 Å². The number of rotatable bonds is 7. The molecule has 26 heavy (non-hydrogen) atoms. The zero-order chi connectivity index (χ0) is 18.4. The van der Waals surface area contributed by atoms with E-state index < -0.39 is 0 Å². The molecule has 0 saturated carbocycles. The van der Waals surface area contributed by atoms with Crippen molar-refractivity contribution in [2.45, 2.75) is 26.8 Å². The summed E-state index contributed by atoms with van der Waals surface area (Å²) in [5.41, 5.74) is 2.59. The molecule has 0 bridgehead atoms. The molecule has 2 aromatic carbocycles. The lowest BCUT2D eigenvalue weighted by molar-refractivity contribution is 0.0946. The lowest BCUT2D eigenvalue weighted by Crippen LogP contribution is -2.22. The van der Waals surface area contributed by atoms with Crippen LogP contribution in [0.4, 0.5) is 0 Å². The van der Waals surface area contributed by atoms with E-state index in [1.807, 2.05) is 38.1 Å². The highest BCUT2D eigenvalue weighted by Crippen LogP contribution is 2.16. The van der Waals surface area contributed by atoms with E-state index in [1.54, 1.807) is 24.3 Å². The molecule has 0 spiro atoms. The molecule has 6 heteroatoms. The lowest BCUT2D eigenvalue weighted by Gasteiger charge is -2.06. The Morgan fingerprint density at radius 1 is 1.12 bits per heavy atom. The Bertz CT molecular complexity index is 855. The Balaban J connectivity index is 1.57. The fraction of sp³-hybridized carbons (Fsp3) is 0.250. The third-order valence-corrected chi connectivity index (χ3v) is 3.77. The van der Waals surface area contributed by atoms with Crippen LogP contribution < -0.4 is 10.1 Å². The quantitative estimate of drug-likeness (QED) is 0.701. The van der Waals surface area contributed by atoms with E-state index in [0.29, 0.717) is 23.9 Å². The highest BCUT2D eigenvalue weighted by atomic mass is 16.5. The summed E-state index contributed by atoms with van der Waals surface area (Å²) in [5.74, 6) is 1.41. The Kier molecular flexibility index (Phi) is 5.63. The van der Waals surface area contributed by atoms with Gasteiger partial charge in [-0.25, -0.2) is 0 Å². The number of carbonyl (C=O) groups is 1. The molecule has 0 aliphatic carbocycles. The predicted molar refractivity (Wildman–Crippen MR) is 97.9 cm³/mol. The maximum atomic E-state index is 12.2. The number of nitrogens with zero attached hydrogens (tertiary/aromatic N) is 2. The van der Waals surface area contributed by atoms with Crippen LogP contribution in [0.3, 0.4) is 0 Å². The molecule has 0 saturated heterocycles. The van der Waals surface area contributed by atoms with Crippen molar-refractivity contribution in [3.63, 3.8) is 0 Å². The zero-order valence-electron chi connectivity index (χ0n) is 14.9. The van der Waals surface area contributed by atoms with Gasteiger partial charge in [-0.1, -0.05) is 41.9 Å². The summed E-state index contributed by atoms with van der Waals surface area (Å²) in [6.45, 7) is 4.89. The van der Waals surface area contributed by atoms with Crippen LogP contribution in [0.25, 0.3) is 11.4 Å². The number of amides is 1. The molecule has 0 radical (unpaired) electrons. The summed E-state index contributed by atoms with van der Waals surface area (Å²) in [6, 6.07) is 14.9. The SMILES string of the molecule is CCCOc1ccc(C(=O)NCc2nc(-c3ccc(C)cc3)no2)cc1. The fourth-order valence-electron chi connectivity index (χ4n) is 2.33. The van der Waals surface area contributed by atoms with Gasteiger partial charge < -0.3 is 14.6 Å². The summed E-state index contributed by atoms with van der Waals surface area (Å²) < 4.78 is 10.7. The number of aromatic nitrogens is 2. The first-order valence-corrected chi connectivity index (χ1v) is 8.56. The summed E-state index contributed by atoms with van der Waals surface area (Å²) in [6.07, 6.45) is 0.941. The van der Waals surface area contributed by atoms with Crippen molar-refractivity contribution in [2.24, 2.45) is 0 Å². The van der Waals surface area contributed by atoms with Crippen molar-refractivity contribution in [1.29, 1.82) is 0 Å². The van der Waals surface area contributed by atoms with Gasteiger partial charge in [-0.05, 0) is 37.6 Å². The van der Waals surface area contributed by atoms with Crippen LogP contribution in [-0.2, 0) is 6.54 Å². The van der Waals surface area contributed by atoms with Gasteiger partial charge in [0.15, 0.2) is 0 Å². The van der Waals surface area contributed by atoms with E-state index in [1.165, 1.54) is 0 Å². The van der Waals surface area contributed by atoms with Gasteiger partial charge in [0, 0.05) is 11.1 Å². The second-order valence-electron chi connectivity index (χ2n) is 5.93. The number of hydrogen-bond donors (Lipinski definition) is 1. The molecule has 1 aromatic heterocycles. The van der Waals surface area contributed by atoms with Gasteiger partial charge in [-0.3, -0.25) is 4.79 Å². The molecular formula is C20H21N3O3. The zero-order valence-corrected chi connectivity index (χ0v) is 14.9. The van der Waals surface area contributed by atoms with Gasteiger partial charge >= 0.3 is 0 Å². The number of carbonyl (C=O) groups excluding carboxylic acids is 1. The van der Waals surface area contributed by atoms with Gasteiger partial charge in [0.25, 0.3) is 5.91 Å². The second-order valence-corrected chi connectivity index (χ2v) is 5.93. The Morgan fingerprint density at radius 3 is 2.54 bits per heavy atom. The van der Waals surface area contributed by atoms with Crippen molar-refractivity contribution >= 4 is 5.91 Å². The Morgan fingerprint density at radius 2 is 1.85 bits per heavy atom. The average Bonchev–Trinajstić information content (AvgIpc) is 3.14. The molecule has 134 valence electrons. The summed E-state index contributed by atoms with van der Waals surface area (Å²) in [4.78, 5) is 16.5. The maximum absolute atomic E-state index is 12.2. The van der Waals surface area contributed by atoms with Crippen LogP contribution in [-0.4, -0.2) is 22.7 Å². The molecule has 3 rings (SSSR count). The van der Waals surface area contributed by atoms with Crippen LogP contribution in [0.2, 0.25) is 0 Å². The highest BCUT2D eigenvalue weighted by Gasteiger charge is 2.11. The standard InChI is InChI=1S/C20H21N3O3/c1-3-12-25-17-10-8-16(9-11-17)20(24)21-13-18-22-19(23-26-18)15-6-4-14(2)5-7-15/h4-11H,3,12-13H2,1-2H3,(H,21,24). The number of nitrogens with one attached hydrogen (secondary N) is 1. The third-order valence-electron chi connectivity index (χ3n) is 3.77. The van der Waals surface area contributed by atoms with Gasteiger partial charge in [0.2, 0.25) is 11.7 Å². The molecule has 0 aliphatic rings. The number of aryl methyl sites for hydroxylation is 1. The minimum Gasteiger partial charge on any atom is -0.494 e. The smallest absolute Gasteiger partial charge is 0.251 e. The van der Waals surface area contributed by atoms with E-state index in [-0.39, 0.29) is 12.5 Å². The first-order chi connectivity index (χ1) is 12.7. The van der Waals surface area contributed by atoms with Crippen LogP contribution >= 0.6 is 0 Å². The minimum atomic E-state index is -0.206. The normalized spacial score (nSPS) is 10.5. The molecule has 1 amide bonds. The molecule has 0 atom stereocenters. The van der Waals surface area contributed by atoms with Crippen LogP contribution in [0.15, 0.2) is 53.1 Å². The Labute approximate surface area is 152 Å². The van der Waals surface area contributed by atoms with Crippen molar-refractivity contribution in [1.82, 2.24) is 15.5 Å². The van der Waals surface area contributed by atoms with E-state index in [4.69, 9.17) is 9.26 Å².